The zero-order valence-electron chi connectivity index (χ0n) is 11.9. The molecule has 7 nitrogen and oxygen atoms in total. The molecule has 0 bridgehead atoms. The standard InChI is InChI=1S/C14H19N5O2/c20-10-9-17-5-7-18(8-6-17)11-19-14(21)12-3-1-2-4-13(12)15-16-19/h1-4,20H,5-11H2. The molecule has 3 rings (SSSR count). The number of nitrogens with zero attached hydrogens (tertiary/aromatic N) is 5. The molecular weight excluding hydrogens is 270 g/mol. The predicted molar refractivity (Wildman–Crippen MR) is 78.9 cm³/mol. The number of aliphatic hydroxyl groups excluding tert-OH is 1. The normalized spacial score (nSPS) is 17.4. The van der Waals surface area contributed by atoms with Gasteiger partial charge in [0.15, 0.2) is 0 Å². The minimum absolute atomic E-state index is 0.0987. The Morgan fingerprint density at radius 1 is 1.10 bits per heavy atom. The van der Waals surface area contributed by atoms with Crippen molar-refractivity contribution in [3.63, 3.8) is 0 Å². The summed E-state index contributed by atoms with van der Waals surface area (Å²) in [5, 5.41) is 17.7. The highest BCUT2D eigenvalue weighted by Crippen LogP contribution is 2.05. The summed E-state index contributed by atoms with van der Waals surface area (Å²) >= 11 is 0. The fourth-order valence-corrected chi connectivity index (χ4v) is 2.60. The van der Waals surface area contributed by atoms with Gasteiger partial charge in [-0.2, -0.15) is 4.68 Å². The molecule has 2 heterocycles. The first kappa shape index (κ1) is 14.1. The monoisotopic (exact) mass is 289 g/mol. The highest BCUT2D eigenvalue weighted by atomic mass is 16.3. The average molecular weight is 289 g/mol. The summed E-state index contributed by atoms with van der Waals surface area (Å²) in [5.41, 5.74) is 0.532. The second-order valence-corrected chi connectivity index (χ2v) is 5.24. The molecule has 1 saturated heterocycles. The van der Waals surface area contributed by atoms with Crippen molar-refractivity contribution in [3.05, 3.63) is 34.6 Å². The van der Waals surface area contributed by atoms with Crippen LogP contribution in [-0.2, 0) is 6.67 Å². The highest BCUT2D eigenvalue weighted by Gasteiger charge is 2.17. The van der Waals surface area contributed by atoms with Gasteiger partial charge in [0.1, 0.15) is 5.52 Å². The fraction of sp³-hybridized carbons (Fsp3) is 0.500. The third kappa shape index (κ3) is 3.10. The number of hydrogen-bond donors (Lipinski definition) is 1. The van der Waals surface area contributed by atoms with Gasteiger partial charge in [-0.05, 0) is 12.1 Å². The summed E-state index contributed by atoms with van der Waals surface area (Å²) in [6.45, 7) is 4.89. The Morgan fingerprint density at radius 2 is 1.81 bits per heavy atom. The number of piperazine rings is 1. The molecule has 112 valence electrons. The maximum Gasteiger partial charge on any atom is 0.278 e. The van der Waals surface area contributed by atoms with E-state index in [1.54, 1.807) is 12.1 Å². The van der Waals surface area contributed by atoms with Gasteiger partial charge in [-0.25, -0.2) is 0 Å². The van der Waals surface area contributed by atoms with Crippen LogP contribution in [0.1, 0.15) is 0 Å². The molecule has 0 unspecified atom stereocenters. The second-order valence-electron chi connectivity index (χ2n) is 5.24. The van der Waals surface area contributed by atoms with Gasteiger partial charge in [0.25, 0.3) is 5.56 Å². The Bertz CT molecular complexity index is 664. The Labute approximate surface area is 122 Å². The number of aromatic nitrogens is 3. The fourth-order valence-electron chi connectivity index (χ4n) is 2.60. The quantitative estimate of drug-likeness (QED) is 0.807. The van der Waals surface area contributed by atoms with Gasteiger partial charge in [-0.3, -0.25) is 14.6 Å². The lowest BCUT2D eigenvalue weighted by Gasteiger charge is -2.33. The molecule has 1 fully saturated rings. The first-order valence-electron chi connectivity index (χ1n) is 7.16. The van der Waals surface area contributed by atoms with Gasteiger partial charge in [0, 0.05) is 32.7 Å². The van der Waals surface area contributed by atoms with Gasteiger partial charge < -0.3 is 5.11 Å². The van der Waals surface area contributed by atoms with Crippen molar-refractivity contribution < 1.29 is 5.11 Å². The first-order valence-corrected chi connectivity index (χ1v) is 7.16. The van der Waals surface area contributed by atoms with Gasteiger partial charge in [0.2, 0.25) is 0 Å². The number of β-amino-alcohol motifs (C(OH)–C–C–N with tert-alkyl or cyclic N) is 1. The molecule has 1 aromatic heterocycles. The van der Waals surface area contributed by atoms with E-state index < -0.39 is 0 Å². The topological polar surface area (TPSA) is 74.5 Å². The number of hydrogen-bond acceptors (Lipinski definition) is 6. The van der Waals surface area contributed by atoms with E-state index in [2.05, 4.69) is 20.1 Å². The zero-order chi connectivity index (χ0) is 14.7. The molecule has 1 N–H and O–H groups in total. The van der Waals surface area contributed by atoms with Crippen LogP contribution in [0.2, 0.25) is 0 Å². The molecule has 1 aliphatic heterocycles. The highest BCUT2D eigenvalue weighted by molar-refractivity contribution is 5.76. The molecule has 21 heavy (non-hydrogen) atoms. The van der Waals surface area contributed by atoms with Crippen LogP contribution in [-0.4, -0.2) is 69.2 Å². The predicted octanol–water partition coefficient (Wildman–Crippen LogP) is -0.641. The molecule has 7 heteroatoms. The summed E-state index contributed by atoms with van der Waals surface area (Å²) in [5.74, 6) is 0. The number of fused-ring (bicyclic) bond motifs is 1. The molecule has 0 spiro atoms. The summed E-state index contributed by atoms with van der Waals surface area (Å²) in [6, 6.07) is 7.26. The minimum atomic E-state index is -0.0987. The molecule has 2 aromatic rings. The van der Waals surface area contributed by atoms with Crippen molar-refractivity contribution in [1.82, 2.24) is 24.8 Å². The molecule has 0 atom stereocenters. The van der Waals surface area contributed by atoms with E-state index in [-0.39, 0.29) is 12.2 Å². The van der Waals surface area contributed by atoms with Gasteiger partial charge in [-0.15, -0.1) is 5.10 Å². The maximum absolute atomic E-state index is 12.4. The molecule has 0 radical (unpaired) electrons. The largest absolute Gasteiger partial charge is 0.395 e. The van der Waals surface area contributed by atoms with Crippen LogP contribution in [0.15, 0.2) is 29.1 Å². The second kappa shape index (κ2) is 6.30. The lowest BCUT2D eigenvalue weighted by Crippen LogP contribution is -2.48. The molecule has 1 aliphatic rings. The van der Waals surface area contributed by atoms with E-state index in [0.717, 1.165) is 26.2 Å². The van der Waals surface area contributed by atoms with Crippen LogP contribution in [0.25, 0.3) is 10.9 Å². The molecule has 0 saturated carbocycles. The van der Waals surface area contributed by atoms with Crippen molar-refractivity contribution in [1.29, 1.82) is 0 Å². The minimum Gasteiger partial charge on any atom is -0.395 e. The van der Waals surface area contributed by atoms with Gasteiger partial charge in [-0.1, -0.05) is 17.3 Å². The number of benzene rings is 1. The summed E-state index contributed by atoms with van der Waals surface area (Å²) in [7, 11) is 0. The molecule has 1 aromatic carbocycles. The van der Waals surface area contributed by atoms with Crippen LogP contribution < -0.4 is 5.56 Å². The van der Waals surface area contributed by atoms with Crippen molar-refractivity contribution in [2.24, 2.45) is 0 Å². The van der Waals surface area contributed by atoms with Crippen molar-refractivity contribution in [3.8, 4) is 0 Å². The van der Waals surface area contributed by atoms with Crippen molar-refractivity contribution >= 4 is 10.9 Å². The zero-order valence-corrected chi connectivity index (χ0v) is 11.9. The van der Waals surface area contributed by atoms with Crippen molar-refractivity contribution in [2.75, 3.05) is 39.3 Å². The van der Waals surface area contributed by atoms with E-state index in [9.17, 15) is 4.79 Å². The van der Waals surface area contributed by atoms with Crippen molar-refractivity contribution in [2.45, 2.75) is 6.67 Å². The van der Waals surface area contributed by atoms with Crippen LogP contribution in [0, 0.1) is 0 Å². The lowest BCUT2D eigenvalue weighted by atomic mass is 10.2. The lowest BCUT2D eigenvalue weighted by molar-refractivity contribution is 0.0875. The summed E-state index contributed by atoms with van der Waals surface area (Å²) < 4.78 is 1.42. The average Bonchev–Trinajstić information content (AvgIpc) is 2.52. The Morgan fingerprint density at radius 3 is 2.57 bits per heavy atom. The Balaban J connectivity index is 1.71. The SMILES string of the molecule is O=c1c2ccccc2nnn1CN1CCN(CCO)CC1. The maximum atomic E-state index is 12.4. The van der Waals surface area contributed by atoms with Crippen LogP contribution >= 0.6 is 0 Å². The number of aliphatic hydroxyl groups is 1. The third-order valence-corrected chi connectivity index (χ3v) is 3.84. The van der Waals surface area contributed by atoms with E-state index in [1.807, 2.05) is 12.1 Å². The summed E-state index contributed by atoms with van der Waals surface area (Å²) in [6.07, 6.45) is 0. The van der Waals surface area contributed by atoms with E-state index in [4.69, 9.17) is 5.11 Å². The smallest absolute Gasteiger partial charge is 0.278 e. The van der Waals surface area contributed by atoms with Crippen LogP contribution in [0.4, 0.5) is 0 Å². The summed E-state index contributed by atoms with van der Waals surface area (Å²) in [4.78, 5) is 16.8. The van der Waals surface area contributed by atoms with E-state index in [0.29, 0.717) is 24.1 Å². The van der Waals surface area contributed by atoms with Gasteiger partial charge >= 0.3 is 0 Å². The Hall–Kier alpha value is -1.83. The van der Waals surface area contributed by atoms with Crippen LogP contribution in [0.3, 0.4) is 0 Å². The van der Waals surface area contributed by atoms with E-state index >= 15 is 0 Å². The molecule has 0 amide bonds. The first-order chi connectivity index (χ1) is 10.3. The third-order valence-electron chi connectivity index (χ3n) is 3.84. The van der Waals surface area contributed by atoms with E-state index in [1.165, 1.54) is 4.68 Å². The Kier molecular flexibility index (Phi) is 4.23. The van der Waals surface area contributed by atoms with Gasteiger partial charge in [0.05, 0.1) is 18.7 Å². The molecule has 0 aliphatic carbocycles. The van der Waals surface area contributed by atoms with Crippen LogP contribution in [0.5, 0.6) is 0 Å². The molecular formula is C14H19N5O2. The number of rotatable bonds is 4.